The standard InChI is InChI=1S/C20H31N3O3/c1-14-9-15(2)13-23(12-14)20(25)17-6-5-16(3)18(10-17)22-19(24)11-21-7-8-26-4/h5-6,10,14-15,21H,7-9,11-13H2,1-4H3,(H,22,24). The van der Waals surface area contributed by atoms with E-state index in [1.165, 1.54) is 0 Å². The molecule has 0 aliphatic carbocycles. The van der Waals surface area contributed by atoms with E-state index >= 15 is 0 Å². The highest BCUT2D eigenvalue weighted by Crippen LogP contribution is 2.24. The number of carbonyl (C=O) groups excluding carboxylic acids is 2. The summed E-state index contributed by atoms with van der Waals surface area (Å²) in [6, 6.07) is 5.51. The number of methoxy groups -OCH3 is 1. The van der Waals surface area contributed by atoms with Crippen LogP contribution in [0.4, 0.5) is 5.69 Å². The van der Waals surface area contributed by atoms with Gasteiger partial charge < -0.3 is 20.3 Å². The maximum absolute atomic E-state index is 12.9. The van der Waals surface area contributed by atoms with E-state index in [0.717, 1.165) is 25.1 Å². The van der Waals surface area contributed by atoms with Crippen LogP contribution in [0.2, 0.25) is 0 Å². The summed E-state index contributed by atoms with van der Waals surface area (Å²) in [7, 11) is 1.62. The summed E-state index contributed by atoms with van der Waals surface area (Å²) in [6.07, 6.45) is 1.16. The van der Waals surface area contributed by atoms with E-state index in [9.17, 15) is 9.59 Å². The molecule has 1 fully saturated rings. The molecule has 1 aromatic rings. The third-order valence-corrected chi connectivity index (χ3v) is 4.68. The normalized spacial score (nSPS) is 20.1. The van der Waals surface area contributed by atoms with E-state index < -0.39 is 0 Å². The maximum Gasteiger partial charge on any atom is 0.253 e. The minimum absolute atomic E-state index is 0.0390. The van der Waals surface area contributed by atoms with E-state index in [-0.39, 0.29) is 18.4 Å². The van der Waals surface area contributed by atoms with Gasteiger partial charge in [0.05, 0.1) is 13.2 Å². The van der Waals surface area contributed by atoms with Gasteiger partial charge in [-0.15, -0.1) is 0 Å². The van der Waals surface area contributed by atoms with Gasteiger partial charge in [-0.05, 0) is 42.9 Å². The lowest BCUT2D eigenvalue weighted by Crippen LogP contribution is -2.42. The predicted octanol–water partition coefficient (Wildman–Crippen LogP) is 2.29. The number of aryl methyl sites for hydroxylation is 1. The summed E-state index contributed by atoms with van der Waals surface area (Å²) in [4.78, 5) is 26.9. The Bertz CT molecular complexity index is 623. The molecule has 0 bridgehead atoms. The third kappa shape index (κ3) is 5.81. The number of hydrogen-bond donors (Lipinski definition) is 2. The second-order valence-corrected chi connectivity index (χ2v) is 7.40. The molecule has 0 spiro atoms. The van der Waals surface area contributed by atoms with Gasteiger partial charge in [-0.1, -0.05) is 19.9 Å². The van der Waals surface area contributed by atoms with E-state index in [0.29, 0.717) is 36.2 Å². The van der Waals surface area contributed by atoms with Gasteiger partial charge in [0.2, 0.25) is 5.91 Å². The lowest BCUT2D eigenvalue weighted by atomic mass is 9.91. The number of anilines is 1. The number of nitrogens with one attached hydrogen (secondary N) is 2. The Balaban J connectivity index is 2.01. The molecule has 6 nitrogen and oxygen atoms in total. The van der Waals surface area contributed by atoms with E-state index in [2.05, 4.69) is 24.5 Å². The van der Waals surface area contributed by atoms with Crippen molar-refractivity contribution in [2.45, 2.75) is 27.2 Å². The van der Waals surface area contributed by atoms with Crippen molar-refractivity contribution in [2.24, 2.45) is 11.8 Å². The fourth-order valence-corrected chi connectivity index (χ4v) is 3.47. The summed E-state index contributed by atoms with van der Waals surface area (Å²) in [5.41, 5.74) is 2.25. The summed E-state index contributed by atoms with van der Waals surface area (Å²) < 4.78 is 4.94. The molecular weight excluding hydrogens is 330 g/mol. The first-order valence-electron chi connectivity index (χ1n) is 9.30. The molecule has 144 valence electrons. The molecule has 2 unspecified atom stereocenters. The highest BCUT2D eigenvalue weighted by Gasteiger charge is 2.26. The fraction of sp³-hybridized carbons (Fsp3) is 0.600. The largest absolute Gasteiger partial charge is 0.383 e. The lowest BCUT2D eigenvalue weighted by molar-refractivity contribution is -0.115. The fourth-order valence-electron chi connectivity index (χ4n) is 3.47. The van der Waals surface area contributed by atoms with Crippen molar-refractivity contribution in [1.82, 2.24) is 10.2 Å². The van der Waals surface area contributed by atoms with Gasteiger partial charge in [-0.25, -0.2) is 0 Å². The molecule has 1 aliphatic rings. The Morgan fingerprint density at radius 3 is 2.58 bits per heavy atom. The van der Waals surface area contributed by atoms with Crippen LogP contribution < -0.4 is 10.6 Å². The minimum atomic E-state index is -0.131. The molecule has 26 heavy (non-hydrogen) atoms. The SMILES string of the molecule is COCCNCC(=O)Nc1cc(C(=O)N2CC(C)CC(C)C2)ccc1C. The molecule has 2 amide bonds. The first kappa shape index (κ1) is 20.4. The molecule has 6 heteroatoms. The van der Waals surface area contributed by atoms with Crippen molar-refractivity contribution in [1.29, 1.82) is 0 Å². The third-order valence-electron chi connectivity index (χ3n) is 4.68. The second-order valence-electron chi connectivity index (χ2n) is 7.40. The molecule has 1 saturated heterocycles. The van der Waals surface area contributed by atoms with Crippen molar-refractivity contribution < 1.29 is 14.3 Å². The number of piperidine rings is 1. The molecule has 1 aliphatic heterocycles. The molecule has 2 rings (SSSR count). The predicted molar refractivity (Wildman–Crippen MR) is 103 cm³/mol. The monoisotopic (exact) mass is 361 g/mol. The molecule has 0 aromatic heterocycles. The van der Waals surface area contributed by atoms with E-state index in [4.69, 9.17) is 4.74 Å². The van der Waals surface area contributed by atoms with Gasteiger partial charge in [-0.2, -0.15) is 0 Å². The van der Waals surface area contributed by atoms with E-state index in [1.807, 2.05) is 24.0 Å². The average Bonchev–Trinajstić information content (AvgIpc) is 2.59. The van der Waals surface area contributed by atoms with Crippen molar-refractivity contribution in [3.8, 4) is 0 Å². The second kappa shape index (κ2) is 9.69. The number of nitrogens with zero attached hydrogens (tertiary/aromatic N) is 1. The topological polar surface area (TPSA) is 70.7 Å². The Kier molecular flexibility index (Phi) is 7.60. The summed E-state index contributed by atoms with van der Waals surface area (Å²) in [5.74, 6) is 0.946. The number of likely N-dealkylation sites (tertiary alicyclic amines) is 1. The van der Waals surface area contributed by atoms with Crippen LogP contribution in [0.15, 0.2) is 18.2 Å². The Hall–Kier alpha value is -1.92. The van der Waals surface area contributed by atoms with Crippen LogP contribution >= 0.6 is 0 Å². The van der Waals surface area contributed by atoms with Crippen molar-refractivity contribution in [3.05, 3.63) is 29.3 Å². The summed E-state index contributed by atoms with van der Waals surface area (Å²) >= 11 is 0. The zero-order chi connectivity index (χ0) is 19.1. The summed E-state index contributed by atoms with van der Waals surface area (Å²) in [6.45, 7) is 9.27. The van der Waals surface area contributed by atoms with Crippen molar-refractivity contribution in [2.75, 3.05) is 45.2 Å². The van der Waals surface area contributed by atoms with Gasteiger partial charge in [0.25, 0.3) is 5.91 Å². The average molecular weight is 361 g/mol. The van der Waals surface area contributed by atoms with Crippen molar-refractivity contribution in [3.63, 3.8) is 0 Å². The number of carbonyl (C=O) groups is 2. The number of hydrogen-bond acceptors (Lipinski definition) is 4. The number of ether oxygens (including phenoxy) is 1. The zero-order valence-corrected chi connectivity index (χ0v) is 16.3. The quantitative estimate of drug-likeness (QED) is 0.731. The highest BCUT2D eigenvalue weighted by atomic mass is 16.5. The van der Waals surface area contributed by atoms with Gasteiger partial charge in [0.15, 0.2) is 0 Å². The Labute approximate surface area is 156 Å². The van der Waals surface area contributed by atoms with Crippen LogP contribution in [0, 0.1) is 18.8 Å². The van der Waals surface area contributed by atoms with E-state index in [1.54, 1.807) is 13.2 Å². The molecule has 0 saturated carbocycles. The van der Waals surface area contributed by atoms with Gasteiger partial charge in [0, 0.05) is 38.0 Å². The van der Waals surface area contributed by atoms with Crippen molar-refractivity contribution >= 4 is 17.5 Å². The first-order chi connectivity index (χ1) is 12.4. The molecule has 2 atom stereocenters. The highest BCUT2D eigenvalue weighted by molar-refractivity contribution is 5.98. The zero-order valence-electron chi connectivity index (χ0n) is 16.3. The van der Waals surface area contributed by atoms with Crippen LogP contribution in [-0.2, 0) is 9.53 Å². The smallest absolute Gasteiger partial charge is 0.253 e. The van der Waals surface area contributed by atoms with Crippen LogP contribution in [0.3, 0.4) is 0 Å². The number of rotatable bonds is 7. The summed E-state index contributed by atoms with van der Waals surface area (Å²) in [5, 5.41) is 5.90. The minimum Gasteiger partial charge on any atom is -0.383 e. The molecule has 1 heterocycles. The maximum atomic E-state index is 12.9. The number of benzene rings is 1. The van der Waals surface area contributed by atoms with Gasteiger partial charge in [0.1, 0.15) is 0 Å². The molecule has 1 aromatic carbocycles. The Morgan fingerprint density at radius 2 is 1.92 bits per heavy atom. The molecule has 2 N–H and O–H groups in total. The van der Waals surface area contributed by atoms with Gasteiger partial charge >= 0.3 is 0 Å². The van der Waals surface area contributed by atoms with Crippen LogP contribution in [0.5, 0.6) is 0 Å². The van der Waals surface area contributed by atoms with Gasteiger partial charge in [-0.3, -0.25) is 9.59 Å². The van der Waals surface area contributed by atoms with Crippen LogP contribution in [0.1, 0.15) is 36.2 Å². The lowest BCUT2D eigenvalue weighted by Gasteiger charge is -2.35. The number of amides is 2. The molecule has 0 radical (unpaired) electrons. The molecular formula is C20H31N3O3. The Morgan fingerprint density at radius 1 is 1.23 bits per heavy atom. The first-order valence-corrected chi connectivity index (χ1v) is 9.30. The van der Waals surface area contributed by atoms with Crippen LogP contribution in [0.25, 0.3) is 0 Å². The van der Waals surface area contributed by atoms with Crippen LogP contribution in [-0.4, -0.2) is 56.6 Å².